The summed E-state index contributed by atoms with van der Waals surface area (Å²) in [6.07, 6.45) is 3.73. The van der Waals surface area contributed by atoms with Crippen molar-refractivity contribution in [3.05, 3.63) is 34.9 Å². The fourth-order valence-corrected chi connectivity index (χ4v) is 2.22. The summed E-state index contributed by atoms with van der Waals surface area (Å²) in [4.78, 5) is 0. The minimum atomic E-state index is 0. The molecule has 0 aliphatic rings. The van der Waals surface area contributed by atoms with Crippen LogP contribution in [-0.4, -0.2) is 0 Å². The monoisotopic (exact) mass is 298 g/mol. The highest BCUT2D eigenvalue weighted by Crippen LogP contribution is 2.22. The highest BCUT2D eigenvalue weighted by Gasteiger charge is 2.10. The summed E-state index contributed by atoms with van der Waals surface area (Å²) < 4.78 is 0. The first-order valence-corrected chi connectivity index (χ1v) is 7.66. The van der Waals surface area contributed by atoms with Crippen molar-refractivity contribution in [2.75, 3.05) is 0 Å². The third-order valence-corrected chi connectivity index (χ3v) is 2.86. The Kier molecular flexibility index (Phi) is 10.3. The largest absolute Gasteiger partial charge is 0.0843 e. The quantitative estimate of drug-likeness (QED) is 0.533. The Morgan fingerprint density at radius 2 is 1.50 bits per heavy atom. The molecule has 0 saturated heterocycles. The predicted molar refractivity (Wildman–Crippen MR) is 95.7 cm³/mol. The van der Waals surface area contributed by atoms with Gasteiger partial charge in [0, 0.05) is 5.02 Å². The summed E-state index contributed by atoms with van der Waals surface area (Å²) in [7, 11) is 0. The van der Waals surface area contributed by atoms with Gasteiger partial charge in [0.25, 0.3) is 0 Å². The first-order valence-electron chi connectivity index (χ1n) is 7.28. The molecular formula is C19H35Cl. The Balaban J connectivity index is 0. The summed E-state index contributed by atoms with van der Waals surface area (Å²) >= 11 is 5.87. The summed E-state index contributed by atoms with van der Waals surface area (Å²) in [6, 6.07) is 8.07. The Morgan fingerprint density at radius 3 is 1.80 bits per heavy atom. The number of rotatable bonds is 2. The fraction of sp³-hybridized carbons (Fsp3) is 0.684. The first kappa shape index (κ1) is 21.8. The Hall–Kier alpha value is -0.490. The van der Waals surface area contributed by atoms with Crippen LogP contribution in [0.15, 0.2) is 24.3 Å². The van der Waals surface area contributed by atoms with Crippen LogP contribution in [0.3, 0.4) is 0 Å². The van der Waals surface area contributed by atoms with Gasteiger partial charge in [-0.05, 0) is 41.4 Å². The third kappa shape index (κ3) is 13.9. The first-order chi connectivity index (χ1) is 8.53. The van der Waals surface area contributed by atoms with Gasteiger partial charge < -0.3 is 0 Å². The van der Waals surface area contributed by atoms with Crippen LogP contribution in [0.4, 0.5) is 0 Å². The third-order valence-electron chi connectivity index (χ3n) is 2.62. The van der Waals surface area contributed by atoms with Gasteiger partial charge in [-0.3, -0.25) is 0 Å². The normalized spacial score (nSPS) is 11.2. The van der Waals surface area contributed by atoms with Gasteiger partial charge in [-0.15, -0.1) is 0 Å². The van der Waals surface area contributed by atoms with E-state index in [1.54, 1.807) is 0 Å². The second kappa shape index (κ2) is 9.45. The zero-order valence-corrected chi connectivity index (χ0v) is 14.6. The van der Waals surface area contributed by atoms with Crippen LogP contribution in [-0.2, 0) is 6.42 Å². The van der Waals surface area contributed by atoms with E-state index in [1.807, 2.05) is 18.2 Å². The molecule has 1 aromatic carbocycles. The van der Waals surface area contributed by atoms with Crippen LogP contribution in [0, 0.1) is 10.8 Å². The van der Waals surface area contributed by atoms with Crippen LogP contribution >= 0.6 is 11.6 Å². The lowest BCUT2D eigenvalue weighted by atomic mass is 9.88. The van der Waals surface area contributed by atoms with Crippen LogP contribution in [0.25, 0.3) is 0 Å². The highest BCUT2D eigenvalue weighted by molar-refractivity contribution is 6.30. The van der Waals surface area contributed by atoms with E-state index in [9.17, 15) is 0 Å². The fourth-order valence-electron chi connectivity index (χ4n) is 2.01. The second-order valence-electron chi connectivity index (χ2n) is 7.68. The molecule has 0 aliphatic heterocycles. The maximum absolute atomic E-state index is 5.87. The number of benzene rings is 1. The zero-order valence-electron chi connectivity index (χ0n) is 13.8. The van der Waals surface area contributed by atoms with E-state index in [2.05, 4.69) is 54.5 Å². The van der Waals surface area contributed by atoms with Gasteiger partial charge in [0.2, 0.25) is 0 Å². The summed E-state index contributed by atoms with van der Waals surface area (Å²) in [6.45, 7) is 15.7. The molecule has 0 radical (unpaired) electrons. The van der Waals surface area contributed by atoms with E-state index in [1.165, 1.54) is 18.4 Å². The smallest absolute Gasteiger partial charge is 0.0408 e. The van der Waals surface area contributed by atoms with Crippen molar-refractivity contribution in [1.82, 2.24) is 0 Å². The Morgan fingerprint density at radius 1 is 0.950 bits per heavy atom. The molecule has 0 nitrogen and oxygen atoms in total. The lowest BCUT2D eigenvalue weighted by Crippen LogP contribution is -2.08. The van der Waals surface area contributed by atoms with Gasteiger partial charge in [0.05, 0.1) is 0 Å². The van der Waals surface area contributed by atoms with E-state index >= 15 is 0 Å². The van der Waals surface area contributed by atoms with Gasteiger partial charge in [-0.2, -0.15) is 0 Å². The molecule has 0 amide bonds. The molecule has 0 unspecified atom stereocenters. The molecule has 20 heavy (non-hydrogen) atoms. The molecule has 0 saturated carbocycles. The lowest BCUT2D eigenvalue weighted by molar-refractivity contribution is 0.373. The summed E-state index contributed by atoms with van der Waals surface area (Å²) in [5.74, 6) is 0. The molecule has 118 valence electrons. The van der Waals surface area contributed by atoms with Crippen molar-refractivity contribution < 1.29 is 0 Å². The molecule has 1 heteroatoms. The van der Waals surface area contributed by atoms with E-state index in [-0.39, 0.29) is 7.43 Å². The molecule has 1 rings (SSSR count). The molecule has 0 N–H and O–H groups in total. The van der Waals surface area contributed by atoms with E-state index in [0.29, 0.717) is 10.8 Å². The van der Waals surface area contributed by atoms with Crippen molar-refractivity contribution >= 4 is 11.6 Å². The number of hydrogen-bond donors (Lipinski definition) is 0. The van der Waals surface area contributed by atoms with Crippen LogP contribution < -0.4 is 0 Å². The predicted octanol–water partition coefficient (Wildman–Crippen LogP) is 7.40. The maximum atomic E-state index is 5.87. The zero-order chi connectivity index (χ0) is 15.1. The number of hydrogen-bond acceptors (Lipinski definition) is 0. The highest BCUT2D eigenvalue weighted by atomic mass is 35.5. The molecule has 0 aliphatic carbocycles. The number of halogens is 1. The van der Waals surface area contributed by atoms with Crippen LogP contribution in [0.2, 0.25) is 5.02 Å². The molecule has 0 spiro atoms. The van der Waals surface area contributed by atoms with E-state index < -0.39 is 0 Å². The van der Waals surface area contributed by atoms with Gasteiger partial charge >= 0.3 is 0 Å². The minimum absolute atomic E-state index is 0. The summed E-state index contributed by atoms with van der Waals surface area (Å²) in [5.41, 5.74) is 2.20. The van der Waals surface area contributed by atoms with Crippen LogP contribution in [0.5, 0.6) is 0 Å². The van der Waals surface area contributed by atoms with Gasteiger partial charge in [0.1, 0.15) is 0 Å². The average molecular weight is 299 g/mol. The van der Waals surface area contributed by atoms with Gasteiger partial charge in [-0.25, -0.2) is 0 Å². The topological polar surface area (TPSA) is 0 Å². The summed E-state index contributed by atoms with van der Waals surface area (Å²) in [5, 5.41) is 0.830. The van der Waals surface area contributed by atoms with Crippen molar-refractivity contribution in [2.45, 2.75) is 75.2 Å². The standard InChI is InChI=1S/C11H15Cl.C7H16.CH4/c1-11(2,3)8-9-5-4-6-10(12)7-9;1-5-6-7(2,3)4;/h4-7H,8H2,1-3H3;5-6H2,1-4H3;1H4. The van der Waals surface area contributed by atoms with Crippen LogP contribution in [0.1, 0.15) is 74.3 Å². The van der Waals surface area contributed by atoms with Gasteiger partial charge in [0.15, 0.2) is 0 Å². The molecule has 0 fully saturated rings. The molecular weight excluding hydrogens is 264 g/mol. The van der Waals surface area contributed by atoms with E-state index in [4.69, 9.17) is 11.6 Å². The molecule has 0 heterocycles. The van der Waals surface area contributed by atoms with Crippen molar-refractivity contribution in [2.24, 2.45) is 10.8 Å². The molecule has 0 aromatic heterocycles. The SMILES string of the molecule is C.CC(C)(C)Cc1cccc(Cl)c1.CCCC(C)(C)C. The average Bonchev–Trinajstić information content (AvgIpc) is 2.13. The molecule has 0 bridgehead atoms. The Labute approximate surface area is 132 Å². The second-order valence-corrected chi connectivity index (χ2v) is 8.11. The van der Waals surface area contributed by atoms with Crippen molar-refractivity contribution in [1.29, 1.82) is 0 Å². The van der Waals surface area contributed by atoms with E-state index in [0.717, 1.165) is 11.4 Å². The molecule has 0 atom stereocenters. The lowest BCUT2D eigenvalue weighted by Gasteiger charge is -2.17. The minimum Gasteiger partial charge on any atom is -0.0843 e. The van der Waals surface area contributed by atoms with Crippen molar-refractivity contribution in [3.63, 3.8) is 0 Å². The van der Waals surface area contributed by atoms with Crippen molar-refractivity contribution in [3.8, 4) is 0 Å². The maximum Gasteiger partial charge on any atom is 0.0408 e. The Bertz CT molecular complexity index is 353. The van der Waals surface area contributed by atoms with Gasteiger partial charge in [-0.1, -0.05) is 86.0 Å². The molecule has 1 aromatic rings.